The van der Waals surface area contributed by atoms with E-state index in [-0.39, 0.29) is 13.1 Å². The van der Waals surface area contributed by atoms with Gasteiger partial charge in [-0.2, -0.15) is 13.2 Å². The lowest BCUT2D eigenvalue weighted by Crippen LogP contribution is -2.30. The predicted octanol–water partition coefficient (Wildman–Crippen LogP) is 2.96. The van der Waals surface area contributed by atoms with Crippen LogP contribution in [0.3, 0.4) is 0 Å². The van der Waals surface area contributed by atoms with Crippen LogP contribution in [0.5, 0.6) is 0 Å². The Morgan fingerprint density at radius 3 is 2.48 bits per heavy atom. The minimum Gasteiger partial charge on any atom is -0.481 e. The summed E-state index contributed by atoms with van der Waals surface area (Å²) in [4.78, 5) is 24.7. The van der Waals surface area contributed by atoms with Gasteiger partial charge in [-0.15, -0.1) is 0 Å². The summed E-state index contributed by atoms with van der Waals surface area (Å²) in [7, 11) is 0. The number of hydrogen-bond donors (Lipinski definition) is 1. The molecule has 1 aliphatic rings. The minimum atomic E-state index is -4.39. The summed E-state index contributed by atoms with van der Waals surface area (Å²) < 4.78 is 36.7. The van der Waals surface area contributed by atoms with E-state index in [9.17, 15) is 27.9 Å². The standard InChI is InChI=1S/C16H18F3NO3/c1-10-4-2-3-5-11(10)12-8-20(9-13(12)15(22)23)14(21)6-7-16(17,18)19/h2-5,12-13H,6-9H2,1H3,(H,22,23)/t12-,13+/m0/s1. The predicted molar refractivity (Wildman–Crippen MR) is 76.9 cm³/mol. The molecule has 1 aliphatic heterocycles. The molecule has 7 heteroatoms. The van der Waals surface area contributed by atoms with Crippen molar-refractivity contribution in [2.75, 3.05) is 13.1 Å². The van der Waals surface area contributed by atoms with Gasteiger partial charge in [0.05, 0.1) is 12.3 Å². The Bertz CT molecular complexity index is 600. The summed E-state index contributed by atoms with van der Waals surface area (Å²) >= 11 is 0. The fraction of sp³-hybridized carbons (Fsp3) is 0.500. The van der Waals surface area contributed by atoms with E-state index in [1.807, 2.05) is 19.1 Å². The summed E-state index contributed by atoms with van der Waals surface area (Å²) in [6, 6.07) is 7.27. The highest BCUT2D eigenvalue weighted by Crippen LogP contribution is 2.35. The maximum Gasteiger partial charge on any atom is 0.389 e. The van der Waals surface area contributed by atoms with Crippen LogP contribution in [-0.2, 0) is 9.59 Å². The van der Waals surface area contributed by atoms with Gasteiger partial charge in [-0.25, -0.2) is 0 Å². The van der Waals surface area contributed by atoms with Gasteiger partial charge in [0.1, 0.15) is 0 Å². The molecule has 0 radical (unpaired) electrons. The maximum atomic E-state index is 12.2. The average Bonchev–Trinajstić information content (AvgIpc) is 2.89. The van der Waals surface area contributed by atoms with Crippen molar-refractivity contribution in [3.8, 4) is 0 Å². The Labute approximate surface area is 131 Å². The van der Waals surface area contributed by atoms with Crippen molar-refractivity contribution in [3.05, 3.63) is 35.4 Å². The molecule has 1 aromatic rings. The quantitative estimate of drug-likeness (QED) is 0.924. The number of carboxylic acid groups (broad SMARTS) is 1. The second-order valence-corrected chi connectivity index (χ2v) is 5.82. The van der Waals surface area contributed by atoms with E-state index < -0.39 is 42.7 Å². The van der Waals surface area contributed by atoms with Crippen molar-refractivity contribution in [1.82, 2.24) is 4.90 Å². The van der Waals surface area contributed by atoms with Gasteiger partial charge in [-0.05, 0) is 18.1 Å². The lowest BCUT2D eigenvalue weighted by molar-refractivity contribution is -0.149. The monoisotopic (exact) mass is 329 g/mol. The molecule has 1 fully saturated rings. The van der Waals surface area contributed by atoms with Gasteiger partial charge in [0.15, 0.2) is 0 Å². The Morgan fingerprint density at radius 2 is 1.91 bits per heavy atom. The molecule has 126 valence electrons. The van der Waals surface area contributed by atoms with E-state index >= 15 is 0 Å². The van der Waals surface area contributed by atoms with Crippen LogP contribution in [0.2, 0.25) is 0 Å². The molecule has 2 rings (SSSR count). The third kappa shape index (κ3) is 4.24. The summed E-state index contributed by atoms with van der Waals surface area (Å²) in [6.45, 7) is 1.94. The van der Waals surface area contributed by atoms with Crippen molar-refractivity contribution < 1.29 is 27.9 Å². The average molecular weight is 329 g/mol. The smallest absolute Gasteiger partial charge is 0.389 e. The first-order chi connectivity index (χ1) is 10.7. The number of aliphatic carboxylic acids is 1. The third-order valence-electron chi connectivity index (χ3n) is 4.20. The van der Waals surface area contributed by atoms with Crippen LogP contribution in [0.15, 0.2) is 24.3 Å². The molecule has 1 saturated heterocycles. The number of carbonyl (C=O) groups is 2. The zero-order valence-corrected chi connectivity index (χ0v) is 12.6. The highest BCUT2D eigenvalue weighted by atomic mass is 19.4. The second kappa shape index (κ2) is 6.60. The Hall–Kier alpha value is -2.05. The van der Waals surface area contributed by atoms with Gasteiger partial charge in [0, 0.05) is 25.4 Å². The van der Waals surface area contributed by atoms with Crippen LogP contribution in [0, 0.1) is 12.8 Å². The van der Waals surface area contributed by atoms with Crippen molar-refractivity contribution >= 4 is 11.9 Å². The summed E-state index contributed by atoms with van der Waals surface area (Å²) in [5, 5.41) is 9.38. The molecule has 4 nitrogen and oxygen atoms in total. The molecule has 0 saturated carbocycles. The Morgan fingerprint density at radius 1 is 1.26 bits per heavy atom. The zero-order valence-electron chi connectivity index (χ0n) is 12.6. The molecule has 0 bridgehead atoms. The summed E-state index contributed by atoms with van der Waals surface area (Å²) in [5.74, 6) is -2.89. The number of benzene rings is 1. The van der Waals surface area contributed by atoms with E-state index in [1.165, 1.54) is 4.90 Å². The number of halogens is 3. The first kappa shape index (κ1) is 17.3. The number of aryl methyl sites for hydroxylation is 1. The zero-order chi connectivity index (χ0) is 17.2. The number of carboxylic acids is 1. The molecule has 2 atom stereocenters. The van der Waals surface area contributed by atoms with Gasteiger partial charge in [0.25, 0.3) is 0 Å². The van der Waals surface area contributed by atoms with Crippen LogP contribution < -0.4 is 0 Å². The molecule has 1 aromatic carbocycles. The topological polar surface area (TPSA) is 57.6 Å². The van der Waals surface area contributed by atoms with E-state index in [0.717, 1.165) is 11.1 Å². The highest BCUT2D eigenvalue weighted by molar-refractivity contribution is 5.79. The van der Waals surface area contributed by atoms with Crippen molar-refractivity contribution in [2.45, 2.75) is 31.9 Å². The number of hydrogen-bond acceptors (Lipinski definition) is 2. The molecule has 0 aliphatic carbocycles. The van der Waals surface area contributed by atoms with E-state index in [0.29, 0.717) is 0 Å². The first-order valence-electron chi connectivity index (χ1n) is 7.32. The molecule has 0 aromatic heterocycles. The van der Waals surface area contributed by atoms with Gasteiger partial charge >= 0.3 is 12.1 Å². The lowest BCUT2D eigenvalue weighted by atomic mass is 9.86. The van der Waals surface area contributed by atoms with Crippen LogP contribution >= 0.6 is 0 Å². The molecular formula is C16H18F3NO3. The van der Waals surface area contributed by atoms with Gasteiger partial charge < -0.3 is 10.0 Å². The number of amides is 1. The van der Waals surface area contributed by atoms with Crippen LogP contribution in [0.25, 0.3) is 0 Å². The molecule has 1 N–H and O–H groups in total. The third-order valence-corrected chi connectivity index (χ3v) is 4.20. The Kier molecular flexibility index (Phi) is 4.97. The second-order valence-electron chi connectivity index (χ2n) is 5.82. The van der Waals surface area contributed by atoms with Gasteiger partial charge in [0.2, 0.25) is 5.91 Å². The molecule has 0 spiro atoms. The molecule has 23 heavy (non-hydrogen) atoms. The largest absolute Gasteiger partial charge is 0.481 e. The number of nitrogens with zero attached hydrogens (tertiary/aromatic N) is 1. The number of likely N-dealkylation sites (tertiary alicyclic amines) is 1. The summed E-state index contributed by atoms with van der Waals surface area (Å²) in [6.07, 6.45) is -6.22. The Balaban J connectivity index is 2.14. The number of rotatable bonds is 4. The van der Waals surface area contributed by atoms with Crippen molar-refractivity contribution in [3.63, 3.8) is 0 Å². The minimum absolute atomic E-state index is 0.0506. The maximum absolute atomic E-state index is 12.2. The van der Waals surface area contributed by atoms with Gasteiger partial charge in [-0.3, -0.25) is 9.59 Å². The molecule has 1 amide bonds. The fourth-order valence-corrected chi connectivity index (χ4v) is 2.98. The van der Waals surface area contributed by atoms with Gasteiger partial charge in [-0.1, -0.05) is 24.3 Å². The molecular weight excluding hydrogens is 311 g/mol. The first-order valence-corrected chi connectivity index (χ1v) is 7.32. The van der Waals surface area contributed by atoms with E-state index in [2.05, 4.69) is 0 Å². The van der Waals surface area contributed by atoms with E-state index in [1.54, 1.807) is 12.1 Å². The SMILES string of the molecule is Cc1ccccc1[C@@H]1CN(C(=O)CCC(F)(F)F)C[C@H]1C(=O)O. The normalized spacial score (nSPS) is 21.5. The fourth-order valence-electron chi connectivity index (χ4n) is 2.98. The number of carbonyl (C=O) groups excluding carboxylic acids is 1. The molecule has 0 unspecified atom stereocenters. The highest BCUT2D eigenvalue weighted by Gasteiger charge is 2.41. The number of alkyl halides is 3. The summed E-state index contributed by atoms with van der Waals surface area (Å²) in [5.41, 5.74) is 1.74. The van der Waals surface area contributed by atoms with Crippen molar-refractivity contribution in [2.24, 2.45) is 5.92 Å². The van der Waals surface area contributed by atoms with Crippen molar-refractivity contribution in [1.29, 1.82) is 0 Å². The lowest BCUT2D eigenvalue weighted by Gasteiger charge is -2.18. The molecule has 1 heterocycles. The van der Waals surface area contributed by atoms with E-state index in [4.69, 9.17) is 0 Å². The van der Waals surface area contributed by atoms with Crippen LogP contribution in [0.1, 0.15) is 29.9 Å². The van der Waals surface area contributed by atoms with Crippen LogP contribution in [0.4, 0.5) is 13.2 Å². The van der Waals surface area contributed by atoms with Crippen LogP contribution in [-0.4, -0.2) is 41.1 Å².